The van der Waals surface area contributed by atoms with E-state index in [4.69, 9.17) is 5.73 Å². The van der Waals surface area contributed by atoms with E-state index in [1.807, 2.05) is 37.3 Å². The fraction of sp³-hybridized carbons (Fsp3) is 0.267. The smallest absolute Gasteiger partial charge is 0.360 e. The molecule has 0 spiro atoms. The molecule has 0 aliphatic heterocycles. The van der Waals surface area contributed by atoms with E-state index in [1.165, 1.54) is 0 Å². The molecule has 0 fully saturated rings. The fourth-order valence-electron chi connectivity index (χ4n) is 2.00. The van der Waals surface area contributed by atoms with Crippen LogP contribution >= 0.6 is 0 Å². The third-order valence-corrected chi connectivity index (χ3v) is 3.31. The molecule has 3 nitrogen and oxygen atoms in total. The first-order valence-electron chi connectivity index (χ1n) is 6.42. The van der Waals surface area contributed by atoms with Crippen LogP contribution in [-0.2, 0) is 11.7 Å². The van der Waals surface area contributed by atoms with E-state index in [9.17, 15) is 13.2 Å². The molecular weight excluding hydrogens is 279 g/mol. The van der Waals surface area contributed by atoms with Gasteiger partial charge in [0.25, 0.3) is 0 Å². The van der Waals surface area contributed by atoms with Gasteiger partial charge < -0.3 is 11.1 Å². The summed E-state index contributed by atoms with van der Waals surface area (Å²) >= 11 is 0. The first-order valence-corrected chi connectivity index (χ1v) is 6.42. The minimum absolute atomic E-state index is 0.140. The van der Waals surface area contributed by atoms with Gasteiger partial charge >= 0.3 is 6.18 Å². The van der Waals surface area contributed by atoms with Crippen LogP contribution in [0.25, 0.3) is 0 Å². The van der Waals surface area contributed by atoms with Crippen molar-refractivity contribution in [1.29, 1.82) is 0 Å². The third-order valence-electron chi connectivity index (χ3n) is 3.31. The van der Waals surface area contributed by atoms with Gasteiger partial charge in [0, 0.05) is 12.7 Å². The average Bonchev–Trinajstić information content (AvgIpc) is 2.47. The van der Waals surface area contributed by atoms with Crippen molar-refractivity contribution >= 4 is 5.82 Å². The maximum Gasteiger partial charge on any atom is 0.416 e. The molecule has 1 atom stereocenters. The molecule has 0 radical (unpaired) electrons. The number of nitrogens with zero attached hydrogens (tertiary/aromatic N) is 1. The lowest BCUT2D eigenvalue weighted by Gasteiger charge is -2.30. The Morgan fingerprint density at radius 1 is 1.10 bits per heavy atom. The van der Waals surface area contributed by atoms with Crippen LogP contribution < -0.4 is 11.1 Å². The topological polar surface area (TPSA) is 50.9 Å². The molecule has 1 heterocycles. The second-order valence-electron chi connectivity index (χ2n) is 4.95. The van der Waals surface area contributed by atoms with E-state index in [0.29, 0.717) is 0 Å². The van der Waals surface area contributed by atoms with Crippen LogP contribution in [0, 0.1) is 0 Å². The van der Waals surface area contributed by atoms with Crippen molar-refractivity contribution in [1.82, 2.24) is 4.98 Å². The summed E-state index contributed by atoms with van der Waals surface area (Å²) in [6.07, 6.45) is -3.27. The molecule has 1 unspecified atom stereocenters. The van der Waals surface area contributed by atoms with Gasteiger partial charge in [-0.15, -0.1) is 0 Å². The fourth-order valence-corrected chi connectivity index (χ4v) is 2.00. The highest BCUT2D eigenvalue weighted by Gasteiger charge is 2.32. The van der Waals surface area contributed by atoms with Gasteiger partial charge in [-0.1, -0.05) is 30.3 Å². The van der Waals surface area contributed by atoms with Crippen LogP contribution in [0.15, 0.2) is 48.7 Å². The maximum absolute atomic E-state index is 12.7. The Labute approximate surface area is 121 Å². The van der Waals surface area contributed by atoms with Crippen LogP contribution in [0.4, 0.5) is 19.0 Å². The Balaban J connectivity index is 2.31. The second kappa shape index (κ2) is 5.73. The van der Waals surface area contributed by atoms with Gasteiger partial charge in [-0.2, -0.15) is 13.2 Å². The van der Waals surface area contributed by atoms with E-state index < -0.39 is 17.3 Å². The normalized spacial score (nSPS) is 14.5. The predicted octanol–water partition coefficient (Wildman–Crippen LogP) is 3.39. The molecule has 6 heteroatoms. The summed E-state index contributed by atoms with van der Waals surface area (Å²) in [5.74, 6) is 0.140. The molecule has 0 bridgehead atoms. The summed E-state index contributed by atoms with van der Waals surface area (Å²) in [5.41, 5.74) is 5.24. The molecule has 3 N–H and O–H groups in total. The van der Waals surface area contributed by atoms with Crippen molar-refractivity contribution in [3.8, 4) is 0 Å². The molecule has 0 saturated heterocycles. The summed E-state index contributed by atoms with van der Waals surface area (Å²) in [6.45, 7) is 2.04. The molecule has 2 aromatic rings. The monoisotopic (exact) mass is 295 g/mol. The van der Waals surface area contributed by atoms with Crippen LogP contribution in [-0.4, -0.2) is 11.5 Å². The van der Waals surface area contributed by atoms with Gasteiger partial charge in [0.1, 0.15) is 5.82 Å². The lowest BCUT2D eigenvalue weighted by Crippen LogP contribution is -2.40. The van der Waals surface area contributed by atoms with Gasteiger partial charge in [-0.05, 0) is 24.6 Å². The van der Waals surface area contributed by atoms with Crippen molar-refractivity contribution in [2.45, 2.75) is 18.6 Å². The third kappa shape index (κ3) is 3.52. The van der Waals surface area contributed by atoms with E-state index in [1.54, 1.807) is 0 Å². The number of rotatable bonds is 4. The summed E-state index contributed by atoms with van der Waals surface area (Å²) in [4.78, 5) is 3.94. The Kier molecular flexibility index (Phi) is 4.18. The Morgan fingerprint density at radius 2 is 1.76 bits per heavy atom. The zero-order chi connectivity index (χ0) is 15.5. The molecule has 1 aromatic heterocycles. The summed E-state index contributed by atoms with van der Waals surface area (Å²) in [7, 11) is 0. The van der Waals surface area contributed by atoms with E-state index in [0.717, 1.165) is 23.9 Å². The maximum atomic E-state index is 12.7. The molecular formula is C15H16F3N3. The van der Waals surface area contributed by atoms with E-state index in [2.05, 4.69) is 10.3 Å². The second-order valence-corrected chi connectivity index (χ2v) is 4.95. The van der Waals surface area contributed by atoms with E-state index in [-0.39, 0.29) is 12.4 Å². The first kappa shape index (κ1) is 15.3. The number of halogens is 3. The molecule has 1 aromatic carbocycles. The number of alkyl halides is 3. The van der Waals surface area contributed by atoms with Crippen LogP contribution in [0.2, 0.25) is 0 Å². The summed E-state index contributed by atoms with van der Waals surface area (Å²) in [5, 5.41) is 3.00. The number of hydrogen-bond donors (Lipinski definition) is 2. The summed E-state index contributed by atoms with van der Waals surface area (Å²) < 4.78 is 38.2. The SMILES string of the molecule is CC(CN)(Nc1cc(C(F)(F)F)ccn1)c1ccccc1. The minimum atomic E-state index is -4.40. The largest absolute Gasteiger partial charge is 0.416 e. The van der Waals surface area contributed by atoms with Crippen LogP contribution in [0.1, 0.15) is 18.1 Å². The minimum Gasteiger partial charge on any atom is -0.360 e. The number of nitrogens with two attached hydrogens (primary N) is 1. The highest BCUT2D eigenvalue weighted by molar-refractivity contribution is 5.44. The number of anilines is 1. The van der Waals surface area contributed by atoms with Gasteiger partial charge in [0.15, 0.2) is 0 Å². The lowest BCUT2D eigenvalue weighted by atomic mass is 9.92. The van der Waals surface area contributed by atoms with Crippen molar-refractivity contribution in [2.24, 2.45) is 5.73 Å². The zero-order valence-electron chi connectivity index (χ0n) is 11.5. The van der Waals surface area contributed by atoms with Crippen LogP contribution in [0.3, 0.4) is 0 Å². The zero-order valence-corrected chi connectivity index (χ0v) is 11.5. The Morgan fingerprint density at radius 3 is 2.33 bits per heavy atom. The standard InChI is InChI=1S/C15H16F3N3/c1-14(10-19,11-5-3-2-4-6-11)21-13-9-12(7-8-20-13)15(16,17)18/h2-9H,10,19H2,1H3,(H,20,21). The predicted molar refractivity (Wildman–Crippen MR) is 75.7 cm³/mol. The highest BCUT2D eigenvalue weighted by atomic mass is 19.4. The van der Waals surface area contributed by atoms with Crippen molar-refractivity contribution in [3.05, 3.63) is 59.8 Å². The van der Waals surface area contributed by atoms with Crippen molar-refractivity contribution in [3.63, 3.8) is 0 Å². The molecule has 21 heavy (non-hydrogen) atoms. The molecule has 0 aliphatic carbocycles. The van der Waals surface area contributed by atoms with Gasteiger partial charge in [-0.3, -0.25) is 0 Å². The Bertz CT molecular complexity index is 599. The quantitative estimate of drug-likeness (QED) is 0.909. The average molecular weight is 295 g/mol. The molecule has 0 saturated carbocycles. The van der Waals surface area contributed by atoms with Gasteiger partial charge in [-0.25, -0.2) is 4.98 Å². The molecule has 0 amide bonds. The van der Waals surface area contributed by atoms with E-state index >= 15 is 0 Å². The lowest BCUT2D eigenvalue weighted by molar-refractivity contribution is -0.137. The molecule has 2 rings (SSSR count). The number of pyridine rings is 1. The van der Waals surface area contributed by atoms with Crippen LogP contribution in [0.5, 0.6) is 0 Å². The van der Waals surface area contributed by atoms with Gasteiger partial charge in [0.05, 0.1) is 11.1 Å². The van der Waals surface area contributed by atoms with Crippen molar-refractivity contribution < 1.29 is 13.2 Å². The molecule has 0 aliphatic rings. The number of benzene rings is 1. The van der Waals surface area contributed by atoms with Gasteiger partial charge in [0.2, 0.25) is 0 Å². The highest BCUT2D eigenvalue weighted by Crippen LogP contribution is 2.31. The number of hydrogen-bond acceptors (Lipinski definition) is 3. The summed E-state index contributed by atoms with van der Waals surface area (Å²) in [6, 6.07) is 11.2. The number of nitrogens with one attached hydrogen (secondary N) is 1. The molecule has 112 valence electrons. The number of aromatic nitrogens is 1. The first-order chi connectivity index (χ1) is 9.85. The van der Waals surface area contributed by atoms with Crippen molar-refractivity contribution in [2.75, 3.05) is 11.9 Å². The Hall–Kier alpha value is -2.08.